The SMILES string of the molecule is C[C@@H](O)c1cccnc1N1CCC(C)(C)CC1. The van der Waals surface area contributed by atoms with Crippen LogP contribution in [0.3, 0.4) is 0 Å². The molecule has 17 heavy (non-hydrogen) atoms. The van der Waals surface area contributed by atoms with E-state index < -0.39 is 6.10 Å². The van der Waals surface area contributed by atoms with Crippen LogP contribution in [0.15, 0.2) is 18.3 Å². The molecule has 0 radical (unpaired) electrons. The smallest absolute Gasteiger partial charge is 0.134 e. The third kappa shape index (κ3) is 2.78. The number of rotatable bonds is 2. The minimum absolute atomic E-state index is 0.441. The van der Waals surface area contributed by atoms with Gasteiger partial charge in [-0.05, 0) is 31.2 Å². The Labute approximate surface area is 103 Å². The maximum absolute atomic E-state index is 9.77. The highest BCUT2D eigenvalue weighted by Crippen LogP contribution is 2.33. The molecule has 0 aliphatic carbocycles. The van der Waals surface area contributed by atoms with Gasteiger partial charge < -0.3 is 10.0 Å². The molecule has 2 rings (SSSR count). The fraction of sp³-hybridized carbons (Fsp3) is 0.643. The molecular weight excluding hydrogens is 212 g/mol. The van der Waals surface area contributed by atoms with Crippen LogP contribution < -0.4 is 4.90 Å². The second-order valence-electron chi connectivity index (χ2n) is 5.74. The standard InChI is InChI=1S/C14H22N2O/c1-11(17)12-5-4-8-15-13(12)16-9-6-14(2,3)7-10-16/h4-5,8,11,17H,6-7,9-10H2,1-3H3/t11-/m1/s1. The highest BCUT2D eigenvalue weighted by Gasteiger charge is 2.27. The molecule has 1 fully saturated rings. The van der Waals surface area contributed by atoms with Gasteiger partial charge in [0.05, 0.1) is 6.10 Å². The zero-order valence-electron chi connectivity index (χ0n) is 11.0. The number of pyridine rings is 1. The van der Waals surface area contributed by atoms with Crippen molar-refractivity contribution in [3.05, 3.63) is 23.9 Å². The molecule has 0 spiro atoms. The number of nitrogens with zero attached hydrogens (tertiary/aromatic N) is 2. The lowest BCUT2D eigenvalue weighted by Crippen LogP contribution is -2.38. The van der Waals surface area contributed by atoms with Crippen molar-refractivity contribution in [2.75, 3.05) is 18.0 Å². The van der Waals surface area contributed by atoms with E-state index in [4.69, 9.17) is 0 Å². The summed E-state index contributed by atoms with van der Waals surface area (Å²) in [7, 11) is 0. The van der Waals surface area contributed by atoms with Gasteiger partial charge in [-0.3, -0.25) is 0 Å². The summed E-state index contributed by atoms with van der Waals surface area (Å²) in [5.74, 6) is 0.956. The van der Waals surface area contributed by atoms with Crippen LogP contribution in [0.1, 0.15) is 45.3 Å². The average Bonchev–Trinajstić information content (AvgIpc) is 2.29. The zero-order valence-corrected chi connectivity index (χ0v) is 11.0. The van der Waals surface area contributed by atoms with E-state index in [1.54, 1.807) is 13.1 Å². The zero-order chi connectivity index (χ0) is 12.5. The van der Waals surface area contributed by atoms with Crippen molar-refractivity contribution in [2.45, 2.75) is 39.7 Å². The van der Waals surface area contributed by atoms with E-state index >= 15 is 0 Å². The van der Waals surface area contributed by atoms with Crippen LogP contribution in [0.4, 0.5) is 5.82 Å². The largest absolute Gasteiger partial charge is 0.389 e. The van der Waals surface area contributed by atoms with Gasteiger partial charge in [0.2, 0.25) is 0 Å². The molecule has 94 valence electrons. The summed E-state index contributed by atoms with van der Waals surface area (Å²) in [6.07, 6.45) is 3.72. The summed E-state index contributed by atoms with van der Waals surface area (Å²) in [5.41, 5.74) is 1.38. The van der Waals surface area contributed by atoms with Gasteiger partial charge in [0.1, 0.15) is 5.82 Å². The molecular formula is C14H22N2O. The molecule has 0 saturated carbocycles. The van der Waals surface area contributed by atoms with E-state index in [-0.39, 0.29) is 0 Å². The highest BCUT2D eigenvalue weighted by molar-refractivity contribution is 5.48. The molecule has 0 aromatic carbocycles. The molecule has 1 aromatic rings. The van der Waals surface area contributed by atoms with E-state index in [2.05, 4.69) is 23.7 Å². The number of hydrogen-bond acceptors (Lipinski definition) is 3. The molecule has 1 N–H and O–H groups in total. The number of aliphatic hydroxyl groups excluding tert-OH is 1. The van der Waals surface area contributed by atoms with Gasteiger partial charge in [-0.2, -0.15) is 0 Å². The summed E-state index contributed by atoms with van der Waals surface area (Å²) in [5, 5.41) is 9.77. The molecule has 0 unspecified atom stereocenters. The second-order valence-corrected chi connectivity index (χ2v) is 5.74. The van der Waals surface area contributed by atoms with Crippen LogP contribution >= 0.6 is 0 Å². The van der Waals surface area contributed by atoms with E-state index in [0.29, 0.717) is 5.41 Å². The maximum Gasteiger partial charge on any atom is 0.134 e. The second kappa shape index (κ2) is 4.65. The minimum atomic E-state index is -0.450. The van der Waals surface area contributed by atoms with Crippen molar-refractivity contribution in [1.29, 1.82) is 0 Å². The van der Waals surface area contributed by atoms with Gasteiger partial charge in [0.25, 0.3) is 0 Å². The van der Waals surface area contributed by atoms with Gasteiger partial charge in [-0.15, -0.1) is 0 Å². The Morgan fingerprint density at radius 2 is 2.00 bits per heavy atom. The Bertz CT molecular complexity index is 378. The summed E-state index contributed by atoms with van der Waals surface area (Å²) in [4.78, 5) is 6.74. The van der Waals surface area contributed by atoms with E-state index in [1.807, 2.05) is 12.1 Å². The van der Waals surface area contributed by atoms with Gasteiger partial charge >= 0.3 is 0 Å². The number of anilines is 1. The number of piperidine rings is 1. The van der Waals surface area contributed by atoms with Crippen LogP contribution in [-0.4, -0.2) is 23.2 Å². The molecule has 3 heteroatoms. The first-order chi connectivity index (χ1) is 7.99. The van der Waals surface area contributed by atoms with Crippen molar-refractivity contribution in [3.63, 3.8) is 0 Å². The predicted octanol–water partition coefficient (Wildman–Crippen LogP) is 2.76. The number of hydrogen-bond donors (Lipinski definition) is 1. The lowest BCUT2D eigenvalue weighted by atomic mass is 9.82. The molecule has 2 heterocycles. The quantitative estimate of drug-likeness (QED) is 0.854. The predicted molar refractivity (Wildman–Crippen MR) is 70.1 cm³/mol. The Balaban J connectivity index is 2.18. The van der Waals surface area contributed by atoms with Crippen LogP contribution in [0.5, 0.6) is 0 Å². The van der Waals surface area contributed by atoms with E-state index in [0.717, 1.165) is 24.5 Å². The third-order valence-electron chi connectivity index (χ3n) is 3.68. The highest BCUT2D eigenvalue weighted by atomic mass is 16.3. The minimum Gasteiger partial charge on any atom is -0.389 e. The fourth-order valence-electron chi connectivity index (χ4n) is 2.32. The van der Waals surface area contributed by atoms with Gasteiger partial charge in [0, 0.05) is 24.8 Å². The van der Waals surface area contributed by atoms with Gasteiger partial charge in [0.15, 0.2) is 0 Å². The molecule has 1 aliphatic rings. The molecule has 1 aromatic heterocycles. The first kappa shape index (κ1) is 12.4. The summed E-state index contributed by atoms with van der Waals surface area (Å²) < 4.78 is 0. The maximum atomic E-state index is 9.77. The summed E-state index contributed by atoms with van der Waals surface area (Å²) in [6, 6.07) is 3.85. The Morgan fingerprint density at radius 1 is 1.35 bits per heavy atom. The van der Waals surface area contributed by atoms with E-state index in [1.165, 1.54) is 12.8 Å². The van der Waals surface area contributed by atoms with Crippen LogP contribution in [0.25, 0.3) is 0 Å². The van der Waals surface area contributed by atoms with Crippen molar-refractivity contribution in [3.8, 4) is 0 Å². The van der Waals surface area contributed by atoms with Crippen molar-refractivity contribution in [2.24, 2.45) is 5.41 Å². The molecule has 3 nitrogen and oxygen atoms in total. The number of aliphatic hydroxyl groups is 1. The summed E-state index contributed by atoms with van der Waals surface area (Å²) in [6.45, 7) is 8.50. The Morgan fingerprint density at radius 3 is 2.59 bits per heavy atom. The van der Waals surface area contributed by atoms with Gasteiger partial charge in [-0.1, -0.05) is 19.9 Å². The molecule has 1 atom stereocenters. The van der Waals surface area contributed by atoms with Crippen molar-refractivity contribution >= 4 is 5.82 Å². The summed E-state index contributed by atoms with van der Waals surface area (Å²) >= 11 is 0. The first-order valence-electron chi connectivity index (χ1n) is 6.37. The average molecular weight is 234 g/mol. The topological polar surface area (TPSA) is 36.4 Å². The van der Waals surface area contributed by atoms with Crippen LogP contribution in [0, 0.1) is 5.41 Å². The molecule has 0 amide bonds. The van der Waals surface area contributed by atoms with Crippen molar-refractivity contribution in [1.82, 2.24) is 4.98 Å². The Hall–Kier alpha value is -1.09. The fourth-order valence-corrected chi connectivity index (χ4v) is 2.32. The van der Waals surface area contributed by atoms with Gasteiger partial charge in [-0.25, -0.2) is 4.98 Å². The van der Waals surface area contributed by atoms with Crippen LogP contribution in [-0.2, 0) is 0 Å². The normalized spacial score (nSPS) is 21.3. The monoisotopic (exact) mass is 234 g/mol. The van der Waals surface area contributed by atoms with Crippen LogP contribution in [0.2, 0.25) is 0 Å². The molecule has 1 saturated heterocycles. The lowest BCUT2D eigenvalue weighted by Gasteiger charge is -2.38. The molecule has 1 aliphatic heterocycles. The third-order valence-corrected chi connectivity index (χ3v) is 3.68. The molecule has 0 bridgehead atoms. The van der Waals surface area contributed by atoms with E-state index in [9.17, 15) is 5.11 Å². The van der Waals surface area contributed by atoms with Crippen molar-refractivity contribution < 1.29 is 5.11 Å². The Kier molecular flexibility index (Phi) is 3.38. The first-order valence-corrected chi connectivity index (χ1v) is 6.37. The lowest BCUT2D eigenvalue weighted by molar-refractivity contribution is 0.198. The number of aromatic nitrogens is 1.